The van der Waals surface area contributed by atoms with Crippen LogP contribution in [0, 0.1) is 20.8 Å². The Morgan fingerprint density at radius 3 is 2.74 bits per heavy atom. The second kappa shape index (κ2) is 7.90. The van der Waals surface area contributed by atoms with Gasteiger partial charge in [-0.05, 0) is 51.7 Å². The van der Waals surface area contributed by atoms with E-state index < -0.39 is 10.8 Å². The zero-order valence-electron chi connectivity index (χ0n) is 14.4. The molecule has 1 saturated carbocycles. The van der Waals surface area contributed by atoms with Gasteiger partial charge in [0.05, 0.1) is 11.4 Å². The highest BCUT2D eigenvalue weighted by molar-refractivity contribution is 7.85. The number of hydrogen-bond donors (Lipinski definition) is 2. The van der Waals surface area contributed by atoms with Crippen LogP contribution in [0.5, 0.6) is 0 Å². The summed E-state index contributed by atoms with van der Waals surface area (Å²) in [6.45, 7) is 7.77. The molecule has 0 saturated heterocycles. The molecule has 1 heterocycles. The summed E-state index contributed by atoms with van der Waals surface area (Å²) in [4.78, 5) is 16.7. The monoisotopic (exact) mass is 337 g/mol. The van der Waals surface area contributed by atoms with Crippen LogP contribution in [0.25, 0.3) is 0 Å². The molecule has 1 aromatic heterocycles. The lowest BCUT2D eigenvalue weighted by Gasteiger charge is -2.29. The van der Waals surface area contributed by atoms with E-state index in [2.05, 4.69) is 15.6 Å². The second-order valence-electron chi connectivity index (χ2n) is 6.29. The number of urea groups is 1. The van der Waals surface area contributed by atoms with Crippen molar-refractivity contribution in [2.45, 2.75) is 64.7 Å². The summed E-state index contributed by atoms with van der Waals surface area (Å²) in [7, 11) is -0.779. The molecule has 0 radical (unpaired) electrons. The summed E-state index contributed by atoms with van der Waals surface area (Å²) in [6.07, 6.45) is 3.78. The molecule has 5 nitrogen and oxygen atoms in total. The highest BCUT2D eigenvalue weighted by atomic mass is 32.2. The number of nitrogens with one attached hydrogen (secondary N) is 2. The first-order chi connectivity index (χ1) is 10.9. The van der Waals surface area contributed by atoms with Crippen LogP contribution in [0.2, 0.25) is 0 Å². The third-order valence-corrected chi connectivity index (χ3v) is 6.12. The Morgan fingerprint density at radius 2 is 2.09 bits per heavy atom. The van der Waals surface area contributed by atoms with Crippen molar-refractivity contribution in [2.24, 2.45) is 0 Å². The zero-order valence-corrected chi connectivity index (χ0v) is 15.3. The first kappa shape index (κ1) is 17.9. The van der Waals surface area contributed by atoms with Gasteiger partial charge in [0.15, 0.2) is 0 Å². The molecular formula is C17H27N3O2S. The molecule has 0 spiro atoms. The second-order valence-corrected chi connectivity index (χ2v) is 8.30. The Morgan fingerprint density at radius 1 is 1.35 bits per heavy atom. The number of aryl methyl sites for hydroxylation is 3. The number of rotatable bonds is 4. The predicted octanol–water partition coefficient (Wildman–Crippen LogP) is 3.21. The summed E-state index contributed by atoms with van der Waals surface area (Å²) in [5.41, 5.74) is 3.56. The van der Waals surface area contributed by atoms with Crippen molar-refractivity contribution in [2.75, 3.05) is 11.1 Å². The number of carbonyl (C=O) groups excluding carboxylic acids is 1. The number of anilines is 1. The van der Waals surface area contributed by atoms with Crippen molar-refractivity contribution < 1.29 is 9.00 Å². The molecule has 128 valence electrons. The van der Waals surface area contributed by atoms with Crippen LogP contribution in [0.1, 0.15) is 49.6 Å². The van der Waals surface area contributed by atoms with Gasteiger partial charge < -0.3 is 10.6 Å². The minimum atomic E-state index is -0.779. The van der Waals surface area contributed by atoms with Crippen LogP contribution >= 0.6 is 0 Å². The van der Waals surface area contributed by atoms with Crippen molar-refractivity contribution in [3.63, 3.8) is 0 Å². The first-order valence-corrected chi connectivity index (χ1v) is 9.68. The maximum absolute atomic E-state index is 12.3. The van der Waals surface area contributed by atoms with E-state index in [-0.39, 0.29) is 17.3 Å². The fraction of sp³-hybridized carbons (Fsp3) is 0.647. The lowest BCUT2D eigenvalue weighted by Crippen LogP contribution is -2.43. The van der Waals surface area contributed by atoms with E-state index in [1.807, 2.05) is 33.8 Å². The summed E-state index contributed by atoms with van der Waals surface area (Å²) in [5, 5.41) is 6.17. The molecule has 23 heavy (non-hydrogen) atoms. The average Bonchev–Trinajstić information content (AvgIpc) is 2.50. The van der Waals surface area contributed by atoms with Crippen LogP contribution in [-0.4, -0.2) is 32.3 Å². The van der Waals surface area contributed by atoms with Crippen molar-refractivity contribution in [1.29, 1.82) is 0 Å². The van der Waals surface area contributed by atoms with Gasteiger partial charge in [0, 0.05) is 33.5 Å². The minimum Gasteiger partial charge on any atom is -0.335 e. The van der Waals surface area contributed by atoms with Crippen LogP contribution in [-0.2, 0) is 10.8 Å². The number of carbonyl (C=O) groups is 1. The number of hydrogen-bond acceptors (Lipinski definition) is 3. The van der Waals surface area contributed by atoms with E-state index in [1.54, 1.807) is 0 Å². The van der Waals surface area contributed by atoms with Crippen LogP contribution in [0.3, 0.4) is 0 Å². The standard InChI is InChI=1S/C17H27N3O2S/c1-5-23(22)15-8-6-7-14(10-15)19-17(21)20-16-11(2)9-12(3)18-13(16)4/h9,14-15H,5-8,10H2,1-4H3,(H2,19,20,21)/t14-,15-,23-/m0/s1. The van der Waals surface area contributed by atoms with Crippen LogP contribution < -0.4 is 10.6 Å². The molecule has 1 aliphatic rings. The van der Waals surface area contributed by atoms with Crippen LogP contribution in [0.15, 0.2) is 6.07 Å². The van der Waals surface area contributed by atoms with E-state index in [1.165, 1.54) is 0 Å². The number of nitrogens with zero attached hydrogens (tertiary/aromatic N) is 1. The third kappa shape index (κ3) is 4.77. The molecule has 0 aromatic carbocycles. The van der Waals surface area contributed by atoms with Crippen LogP contribution in [0.4, 0.5) is 10.5 Å². The van der Waals surface area contributed by atoms with Gasteiger partial charge >= 0.3 is 6.03 Å². The normalized spacial score (nSPS) is 22.4. The van der Waals surface area contributed by atoms with Gasteiger partial charge in [-0.2, -0.15) is 0 Å². The summed E-state index contributed by atoms with van der Waals surface area (Å²) in [5.74, 6) is 0.691. The molecule has 2 rings (SSSR count). The Hall–Kier alpha value is -1.43. The number of amides is 2. The molecule has 3 atom stereocenters. The molecule has 1 aromatic rings. The average molecular weight is 337 g/mol. The van der Waals surface area contributed by atoms with Gasteiger partial charge in [-0.25, -0.2) is 4.79 Å². The van der Waals surface area contributed by atoms with E-state index >= 15 is 0 Å². The fourth-order valence-corrected chi connectivity index (χ4v) is 4.65. The number of aromatic nitrogens is 1. The van der Waals surface area contributed by atoms with Crippen molar-refractivity contribution >= 4 is 22.5 Å². The predicted molar refractivity (Wildman–Crippen MR) is 95.3 cm³/mol. The van der Waals surface area contributed by atoms with E-state index in [4.69, 9.17) is 0 Å². The maximum atomic E-state index is 12.3. The van der Waals surface area contributed by atoms with Crippen molar-refractivity contribution in [3.05, 3.63) is 23.0 Å². The summed E-state index contributed by atoms with van der Waals surface area (Å²) >= 11 is 0. The SMILES string of the molecule is CC[S@](=O)[C@H]1CCC[C@H](NC(=O)Nc2c(C)cc(C)nc2C)C1. The Balaban J connectivity index is 1.96. The molecule has 0 unspecified atom stereocenters. The molecule has 2 amide bonds. The van der Waals surface area contributed by atoms with Gasteiger partial charge in [-0.1, -0.05) is 13.3 Å². The van der Waals surface area contributed by atoms with Gasteiger partial charge in [0.25, 0.3) is 0 Å². The van der Waals surface area contributed by atoms with Gasteiger partial charge in [0.1, 0.15) is 0 Å². The molecule has 1 aliphatic carbocycles. The maximum Gasteiger partial charge on any atom is 0.319 e. The lowest BCUT2D eigenvalue weighted by atomic mass is 9.95. The molecule has 6 heteroatoms. The highest BCUT2D eigenvalue weighted by Gasteiger charge is 2.26. The Kier molecular flexibility index (Phi) is 6.16. The molecule has 0 bridgehead atoms. The molecular weight excluding hydrogens is 310 g/mol. The van der Waals surface area contributed by atoms with E-state index in [9.17, 15) is 9.00 Å². The van der Waals surface area contributed by atoms with Crippen molar-refractivity contribution in [3.8, 4) is 0 Å². The number of pyridine rings is 1. The lowest BCUT2D eigenvalue weighted by molar-refractivity contribution is 0.244. The van der Waals surface area contributed by atoms with Gasteiger partial charge in [0.2, 0.25) is 0 Å². The van der Waals surface area contributed by atoms with E-state index in [0.717, 1.165) is 48.3 Å². The smallest absolute Gasteiger partial charge is 0.319 e. The summed E-state index contributed by atoms with van der Waals surface area (Å²) < 4.78 is 12.0. The largest absolute Gasteiger partial charge is 0.335 e. The topological polar surface area (TPSA) is 71.1 Å². The Labute approximate surface area is 141 Å². The Bertz CT molecular complexity index is 580. The fourth-order valence-electron chi connectivity index (χ4n) is 3.30. The van der Waals surface area contributed by atoms with Gasteiger partial charge in [-0.3, -0.25) is 9.19 Å². The van der Waals surface area contributed by atoms with E-state index in [0.29, 0.717) is 5.75 Å². The van der Waals surface area contributed by atoms with Crippen molar-refractivity contribution in [1.82, 2.24) is 10.3 Å². The third-order valence-electron chi connectivity index (χ3n) is 4.38. The first-order valence-electron chi connectivity index (χ1n) is 8.30. The quantitative estimate of drug-likeness (QED) is 0.886. The molecule has 0 aliphatic heterocycles. The molecule has 1 fully saturated rings. The van der Waals surface area contributed by atoms with Gasteiger partial charge in [-0.15, -0.1) is 0 Å². The summed E-state index contributed by atoms with van der Waals surface area (Å²) in [6, 6.07) is 1.86. The molecule has 2 N–H and O–H groups in total. The minimum absolute atomic E-state index is 0.100. The highest BCUT2D eigenvalue weighted by Crippen LogP contribution is 2.24. The zero-order chi connectivity index (χ0) is 17.0.